The van der Waals surface area contributed by atoms with Crippen LogP contribution in [0.4, 0.5) is 0 Å². The predicted octanol–water partition coefficient (Wildman–Crippen LogP) is 0.565. The number of aromatic nitrogens is 2. The van der Waals surface area contributed by atoms with E-state index in [4.69, 9.17) is 5.84 Å². The number of benzene rings is 1. The van der Waals surface area contributed by atoms with Crippen molar-refractivity contribution in [2.45, 2.75) is 31.8 Å². The summed E-state index contributed by atoms with van der Waals surface area (Å²) in [4.78, 5) is 23.7. The largest absolute Gasteiger partial charge is 0.328 e. The quantitative estimate of drug-likeness (QED) is 0.479. The highest BCUT2D eigenvalue weighted by molar-refractivity contribution is 5.78. The first-order chi connectivity index (χ1) is 10.2. The fourth-order valence-corrected chi connectivity index (χ4v) is 2.47. The lowest BCUT2D eigenvalue weighted by atomic mass is 10.0. The number of hydrogen-bond donors (Lipinski definition) is 2. The molecule has 1 fully saturated rings. The van der Waals surface area contributed by atoms with Crippen LogP contribution < -0.4 is 17.0 Å². The van der Waals surface area contributed by atoms with E-state index in [0.29, 0.717) is 12.6 Å². The fourth-order valence-electron chi connectivity index (χ4n) is 2.47. The summed E-state index contributed by atoms with van der Waals surface area (Å²) in [7, 11) is 0. The molecule has 1 saturated carbocycles. The maximum atomic E-state index is 12.3. The van der Waals surface area contributed by atoms with Gasteiger partial charge < -0.3 is 0 Å². The van der Waals surface area contributed by atoms with E-state index in [1.54, 1.807) is 15.3 Å². The lowest BCUT2D eigenvalue weighted by molar-refractivity contribution is -0.120. The molecule has 6 heteroatoms. The molecular formula is C15H18N4O2. The third-order valence-corrected chi connectivity index (χ3v) is 3.79. The highest BCUT2D eigenvalue weighted by atomic mass is 16.2. The second kappa shape index (κ2) is 5.57. The van der Waals surface area contributed by atoms with Gasteiger partial charge in [-0.05, 0) is 24.0 Å². The standard InChI is InChI=1S/C15H18N4O2/c16-17-14(20)9-11-3-1-2-4-12(11)10-18-7-8-19(15(18)21)13-5-6-13/h1-4,7-8,13H,5-6,9-10,16H2,(H,17,20). The number of amides is 1. The first-order valence-electron chi connectivity index (χ1n) is 7.02. The normalized spacial score (nSPS) is 14.1. The Hall–Kier alpha value is -2.34. The van der Waals surface area contributed by atoms with Gasteiger partial charge in [0.05, 0.1) is 13.0 Å². The zero-order valence-electron chi connectivity index (χ0n) is 11.7. The third kappa shape index (κ3) is 2.90. The molecule has 1 amide bonds. The Morgan fingerprint density at radius 1 is 1.24 bits per heavy atom. The van der Waals surface area contributed by atoms with Crippen LogP contribution in [0, 0.1) is 0 Å². The molecular weight excluding hydrogens is 268 g/mol. The summed E-state index contributed by atoms with van der Waals surface area (Å²) in [5, 5.41) is 0. The summed E-state index contributed by atoms with van der Waals surface area (Å²) in [6, 6.07) is 7.97. The van der Waals surface area contributed by atoms with Crippen molar-refractivity contribution >= 4 is 5.91 Å². The van der Waals surface area contributed by atoms with Crippen molar-refractivity contribution in [3.05, 3.63) is 58.3 Å². The topological polar surface area (TPSA) is 82.0 Å². The van der Waals surface area contributed by atoms with E-state index in [1.807, 2.05) is 30.5 Å². The van der Waals surface area contributed by atoms with E-state index < -0.39 is 0 Å². The molecule has 0 aliphatic heterocycles. The number of hydrogen-bond acceptors (Lipinski definition) is 3. The van der Waals surface area contributed by atoms with Crippen LogP contribution in [0.2, 0.25) is 0 Å². The van der Waals surface area contributed by atoms with Crippen molar-refractivity contribution < 1.29 is 4.79 Å². The van der Waals surface area contributed by atoms with Crippen molar-refractivity contribution in [2.75, 3.05) is 0 Å². The molecule has 1 aliphatic carbocycles. The molecule has 1 aliphatic rings. The van der Waals surface area contributed by atoms with Crippen LogP contribution in [-0.2, 0) is 17.8 Å². The minimum Gasteiger partial charge on any atom is -0.296 e. The molecule has 1 heterocycles. The minimum atomic E-state index is -0.245. The van der Waals surface area contributed by atoms with Crippen LogP contribution in [0.5, 0.6) is 0 Å². The molecule has 0 radical (unpaired) electrons. The van der Waals surface area contributed by atoms with Crippen LogP contribution in [-0.4, -0.2) is 15.0 Å². The molecule has 0 spiro atoms. The van der Waals surface area contributed by atoms with Gasteiger partial charge in [0.15, 0.2) is 0 Å². The van der Waals surface area contributed by atoms with Gasteiger partial charge in [-0.3, -0.25) is 19.4 Å². The van der Waals surface area contributed by atoms with Gasteiger partial charge in [0.25, 0.3) is 0 Å². The molecule has 1 aromatic heterocycles. The highest BCUT2D eigenvalue weighted by Crippen LogP contribution is 2.33. The molecule has 0 saturated heterocycles. The second-order valence-corrected chi connectivity index (χ2v) is 5.36. The van der Waals surface area contributed by atoms with E-state index >= 15 is 0 Å². The smallest absolute Gasteiger partial charge is 0.296 e. The zero-order chi connectivity index (χ0) is 14.8. The lowest BCUT2D eigenvalue weighted by Gasteiger charge is -2.09. The first kappa shape index (κ1) is 13.6. The van der Waals surface area contributed by atoms with Crippen LogP contribution in [0.15, 0.2) is 41.5 Å². The van der Waals surface area contributed by atoms with Gasteiger partial charge in [-0.25, -0.2) is 10.6 Å². The number of hydrazine groups is 1. The Balaban J connectivity index is 1.84. The molecule has 21 heavy (non-hydrogen) atoms. The fraction of sp³-hybridized carbons (Fsp3) is 0.333. The first-order valence-corrected chi connectivity index (χ1v) is 7.02. The molecule has 6 nitrogen and oxygen atoms in total. The van der Waals surface area contributed by atoms with Gasteiger partial charge >= 0.3 is 5.69 Å². The summed E-state index contributed by atoms with van der Waals surface area (Å²) < 4.78 is 3.46. The van der Waals surface area contributed by atoms with Crippen molar-refractivity contribution in [3.63, 3.8) is 0 Å². The summed E-state index contributed by atoms with van der Waals surface area (Å²) in [6.07, 6.45) is 6.02. The number of rotatable bonds is 5. The summed E-state index contributed by atoms with van der Waals surface area (Å²) in [6.45, 7) is 0.465. The molecule has 0 atom stereocenters. The summed E-state index contributed by atoms with van der Waals surface area (Å²) in [5.41, 5.74) is 3.98. The van der Waals surface area contributed by atoms with Gasteiger partial charge in [0.2, 0.25) is 5.91 Å². The van der Waals surface area contributed by atoms with E-state index in [0.717, 1.165) is 24.0 Å². The number of nitrogens with two attached hydrogens (primary N) is 1. The molecule has 3 N–H and O–H groups in total. The number of carbonyl (C=O) groups is 1. The Morgan fingerprint density at radius 3 is 2.62 bits per heavy atom. The molecule has 3 rings (SSSR count). The van der Waals surface area contributed by atoms with E-state index in [1.165, 1.54) is 0 Å². The van der Waals surface area contributed by atoms with E-state index in [2.05, 4.69) is 5.43 Å². The number of nitrogens with zero attached hydrogens (tertiary/aromatic N) is 2. The summed E-state index contributed by atoms with van der Waals surface area (Å²) in [5.74, 6) is 4.89. The number of imidazole rings is 1. The maximum absolute atomic E-state index is 12.3. The van der Waals surface area contributed by atoms with Crippen molar-refractivity contribution in [2.24, 2.45) is 5.84 Å². The maximum Gasteiger partial charge on any atom is 0.328 e. The van der Waals surface area contributed by atoms with Gasteiger partial charge in [-0.1, -0.05) is 24.3 Å². The average Bonchev–Trinajstić information content (AvgIpc) is 3.27. The van der Waals surface area contributed by atoms with Crippen LogP contribution in [0.3, 0.4) is 0 Å². The number of carbonyl (C=O) groups excluding carboxylic acids is 1. The molecule has 1 aromatic carbocycles. The van der Waals surface area contributed by atoms with Gasteiger partial charge in [0, 0.05) is 18.4 Å². The lowest BCUT2D eigenvalue weighted by Crippen LogP contribution is -2.32. The van der Waals surface area contributed by atoms with E-state index in [9.17, 15) is 9.59 Å². The second-order valence-electron chi connectivity index (χ2n) is 5.36. The van der Waals surface area contributed by atoms with Gasteiger partial charge in [0.1, 0.15) is 0 Å². The Kier molecular flexibility index (Phi) is 3.62. The highest BCUT2D eigenvalue weighted by Gasteiger charge is 2.25. The van der Waals surface area contributed by atoms with Crippen molar-refractivity contribution in [1.82, 2.24) is 14.6 Å². The zero-order valence-corrected chi connectivity index (χ0v) is 11.7. The monoisotopic (exact) mass is 286 g/mol. The Labute approximate surface area is 122 Å². The minimum absolute atomic E-state index is 0.00980. The van der Waals surface area contributed by atoms with Crippen molar-refractivity contribution in [3.8, 4) is 0 Å². The molecule has 2 aromatic rings. The molecule has 110 valence electrons. The van der Waals surface area contributed by atoms with Crippen LogP contribution in [0.25, 0.3) is 0 Å². The predicted molar refractivity (Wildman–Crippen MR) is 78.5 cm³/mol. The number of nitrogens with one attached hydrogen (secondary N) is 1. The van der Waals surface area contributed by atoms with Crippen molar-refractivity contribution in [1.29, 1.82) is 0 Å². The Morgan fingerprint density at radius 2 is 1.95 bits per heavy atom. The van der Waals surface area contributed by atoms with Gasteiger partial charge in [-0.2, -0.15) is 0 Å². The molecule has 0 unspecified atom stereocenters. The average molecular weight is 286 g/mol. The molecule has 0 bridgehead atoms. The Bertz CT molecular complexity index is 712. The van der Waals surface area contributed by atoms with E-state index in [-0.39, 0.29) is 18.0 Å². The van der Waals surface area contributed by atoms with Gasteiger partial charge in [-0.15, -0.1) is 0 Å². The SMILES string of the molecule is NNC(=O)Cc1ccccc1Cn1ccn(C2CC2)c1=O. The van der Waals surface area contributed by atoms with Crippen LogP contribution >= 0.6 is 0 Å². The summed E-state index contributed by atoms with van der Waals surface area (Å²) >= 11 is 0. The van der Waals surface area contributed by atoms with Crippen LogP contribution in [0.1, 0.15) is 30.0 Å². The third-order valence-electron chi connectivity index (χ3n) is 3.79.